The lowest BCUT2D eigenvalue weighted by Gasteiger charge is -2.16. The van der Waals surface area contributed by atoms with Crippen LogP contribution in [0.5, 0.6) is 0 Å². The summed E-state index contributed by atoms with van der Waals surface area (Å²) in [4.78, 5) is 0. The summed E-state index contributed by atoms with van der Waals surface area (Å²) in [5, 5.41) is 4.65. The second-order valence-corrected chi connectivity index (χ2v) is 6.42. The Morgan fingerprint density at radius 1 is 1.25 bits per heavy atom. The zero-order valence-corrected chi connectivity index (χ0v) is 9.22. The molecule has 1 nitrogen and oxygen atoms in total. The van der Waals surface area contributed by atoms with Crippen molar-refractivity contribution < 1.29 is 0 Å². The van der Waals surface area contributed by atoms with Crippen molar-refractivity contribution in [2.45, 2.75) is 37.1 Å². The maximum Gasteiger partial charge on any atom is 0.0171 e. The molecule has 3 heteroatoms. The first-order chi connectivity index (χ1) is 5.84. The molecule has 2 aliphatic heterocycles. The highest BCUT2D eigenvalue weighted by Crippen LogP contribution is 2.27. The Labute approximate surface area is 83.4 Å². The van der Waals surface area contributed by atoms with Crippen LogP contribution in [0.15, 0.2) is 0 Å². The first-order valence-electron chi connectivity index (χ1n) is 4.80. The Hall–Kier alpha value is 0.660. The maximum atomic E-state index is 3.77. The van der Waals surface area contributed by atoms with Crippen LogP contribution in [0.25, 0.3) is 0 Å². The standard InChI is InChI=1S/C9H17NS2/c1-7-4-9(6-12-7)10-8-2-3-11-5-8/h7-10H,2-6H2,1H3. The van der Waals surface area contributed by atoms with Gasteiger partial charge in [-0.2, -0.15) is 23.5 Å². The monoisotopic (exact) mass is 203 g/mol. The molecule has 2 rings (SSSR count). The summed E-state index contributed by atoms with van der Waals surface area (Å²) in [5.74, 6) is 4.05. The molecule has 3 unspecified atom stereocenters. The van der Waals surface area contributed by atoms with Gasteiger partial charge in [-0.3, -0.25) is 0 Å². The summed E-state index contributed by atoms with van der Waals surface area (Å²) < 4.78 is 0. The van der Waals surface area contributed by atoms with Gasteiger partial charge in [-0.15, -0.1) is 0 Å². The van der Waals surface area contributed by atoms with E-state index in [2.05, 4.69) is 35.8 Å². The van der Waals surface area contributed by atoms with Crippen molar-refractivity contribution in [3.05, 3.63) is 0 Å². The van der Waals surface area contributed by atoms with Gasteiger partial charge in [-0.1, -0.05) is 6.92 Å². The quantitative estimate of drug-likeness (QED) is 0.737. The minimum atomic E-state index is 0.814. The summed E-state index contributed by atoms with van der Waals surface area (Å²) in [7, 11) is 0. The van der Waals surface area contributed by atoms with E-state index in [1.807, 2.05) is 0 Å². The van der Waals surface area contributed by atoms with Crippen molar-refractivity contribution in [1.29, 1.82) is 0 Å². The second-order valence-electron chi connectivity index (χ2n) is 3.80. The third kappa shape index (κ3) is 2.33. The summed E-state index contributed by atoms with van der Waals surface area (Å²) in [6.45, 7) is 2.34. The first kappa shape index (κ1) is 9.22. The van der Waals surface area contributed by atoms with Crippen LogP contribution in [-0.4, -0.2) is 34.6 Å². The Balaban J connectivity index is 1.72. The van der Waals surface area contributed by atoms with E-state index in [0.717, 1.165) is 17.3 Å². The SMILES string of the molecule is CC1CC(NC2CCSC2)CS1. The summed E-state index contributed by atoms with van der Waals surface area (Å²) in [6.07, 6.45) is 2.77. The molecule has 2 saturated heterocycles. The maximum absolute atomic E-state index is 3.77. The Kier molecular flexibility index (Phi) is 3.27. The van der Waals surface area contributed by atoms with E-state index in [1.165, 1.54) is 30.1 Å². The molecule has 0 bridgehead atoms. The molecule has 0 aromatic rings. The number of thioether (sulfide) groups is 2. The number of hydrogen-bond acceptors (Lipinski definition) is 3. The number of rotatable bonds is 2. The van der Waals surface area contributed by atoms with Crippen molar-refractivity contribution >= 4 is 23.5 Å². The van der Waals surface area contributed by atoms with E-state index in [9.17, 15) is 0 Å². The van der Waals surface area contributed by atoms with E-state index in [-0.39, 0.29) is 0 Å². The molecular weight excluding hydrogens is 186 g/mol. The van der Waals surface area contributed by atoms with E-state index in [4.69, 9.17) is 0 Å². The number of hydrogen-bond donors (Lipinski definition) is 1. The average molecular weight is 203 g/mol. The van der Waals surface area contributed by atoms with Gasteiger partial charge >= 0.3 is 0 Å². The molecule has 2 aliphatic rings. The van der Waals surface area contributed by atoms with Crippen LogP contribution in [-0.2, 0) is 0 Å². The van der Waals surface area contributed by atoms with Gasteiger partial charge in [0.05, 0.1) is 0 Å². The fraction of sp³-hybridized carbons (Fsp3) is 1.00. The highest BCUT2D eigenvalue weighted by Gasteiger charge is 2.25. The predicted octanol–water partition coefficient (Wildman–Crippen LogP) is 1.98. The molecule has 2 fully saturated rings. The van der Waals surface area contributed by atoms with Gasteiger partial charge < -0.3 is 5.32 Å². The van der Waals surface area contributed by atoms with Crippen LogP contribution in [0, 0.1) is 0 Å². The molecule has 0 saturated carbocycles. The van der Waals surface area contributed by atoms with E-state index < -0.39 is 0 Å². The fourth-order valence-electron chi connectivity index (χ4n) is 1.93. The van der Waals surface area contributed by atoms with Gasteiger partial charge in [-0.25, -0.2) is 0 Å². The van der Waals surface area contributed by atoms with Gasteiger partial charge in [0.25, 0.3) is 0 Å². The average Bonchev–Trinajstić information content (AvgIpc) is 2.63. The van der Waals surface area contributed by atoms with Gasteiger partial charge in [0.15, 0.2) is 0 Å². The molecule has 0 aliphatic carbocycles. The van der Waals surface area contributed by atoms with Crippen LogP contribution < -0.4 is 5.32 Å². The first-order valence-corrected chi connectivity index (χ1v) is 7.00. The Bertz CT molecular complexity index is 145. The predicted molar refractivity (Wildman–Crippen MR) is 59.2 cm³/mol. The Morgan fingerprint density at radius 3 is 2.75 bits per heavy atom. The van der Waals surface area contributed by atoms with Crippen LogP contribution in [0.1, 0.15) is 19.8 Å². The minimum absolute atomic E-state index is 0.814. The summed E-state index contributed by atoms with van der Waals surface area (Å²) in [5.41, 5.74) is 0. The highest BCUT2D eigenvalue weighted by atomic mass is 32.2. The number of nitrogens with one attached hydrogen (secondary N) is 1. The lowest BCUT2D eigenvalue weighted by atomic mass is 10.1. The van der Waals surface area contributed by atoms with Crippen LogP contribution in [0.3, 0.4) is 0 Å². The van der Waals surface area contributed by atoms with Crippen LogP contribution in [0.4, 0.5) is 0 Å². The van der Waals surface area contributed by atoms with Crippen molar-refractivity contribution in [2.75, 3.05) is 17.3 Å². The molecule has 0 aromatic heterocycles. The third-order valence-electron chi connectivity index (χ3n) is 2.60. The van der Waals surface area contributed by atoms with Crippen molar-refractivity contribution in [3.63, 3.8) is 0 Å². The molecule has 0 spiro atoms. The molecule has 70 valence electrons. The fourth-order valence-corrected chi connectivity index (χ4v) is 4.26. The van der Waals surface area contributed by atoms with Crippen molar-refractivity contribution in [2.24, 2.45) is 0 Å². The van der Waals surface area contributed by atoms with Crippen LogP contribution in [0.2, 0.25) is 0 Å². The molecule has 0 aromatic carbocycles. The topological polar surface area (TPSA) is 12.0 Å². The largest absolute Gasteiger partial charge is 0.310 e. The van der Waals surface area contributed by atoms with E-state index >= 15 is 0 Å². The molecule has 2 heterocycles. The van der Waals surface area contributed by atoms with Gasteiger partial charge in [0.2, 0.25) is 0 Å². The van der Waals surface area contributed by atoms with Gasteiger partial charge in [0.1, 0.15) is 0 Å². The molecule has 1 N–H and O–H groups in total. The zero-order chi connectivity index (χ0) is 8.39. The lowest BCUT2D eigenvalue weighted by Crippen LogP contribution is -2.38. The summed E-state index contributed by atoms with van der Waals surface area (Å²) >= 11 is 4.22. The highest BCUT2D eigenvalue weighted by molar-refractivity contribution is 8.00. The van der Waals surface area contributed by atoms with Gasteiger partial charge in [-0.05, 0) is 18.6 Å². The summed E-state index contributed by atoms with van der Waals surface area (Å²) in [6, 6.07) is 1.64. The minimum Gasteiger partial charge on any atom is -0.310 e. The normalized spacial score (nSPS) is 42.2. The van der Waals surface area contributed by atoms with E-state index in [1.54, 1.807) is 0 Å². The third-order valence-corrected chi connectivity index (χ3v) is 5.12. The molecule has 0 amide bonds. The molecule has 12 heavy (non-hydrogen) atoms. The molecule has 3 atom stereocenters. The van der Waals surface area contributed by atoms with Crippen molar-refractivity contribution in [3.8, 4) is 0 Å². The smallest absolute Gasteiger partial charge is 0.0171 e. The lowest BCUT2D eigenvalue weighted by molar-refractivity contribution is 0.468. The van der Waals surface area contributed by atoms with Crippen molar-refractivity contribution in [1.82, 2.24) is 5.32 Å². The zero-order valence-electron chi connectivity index (χ0n) is 7.58. The van der Waals surface area contributed by atoms with Gasteiger partial charge in [0, 0.05) is 28.8 Å². The van der Waals surface area contributed by atoms with E-state index in [0.29, 0.717) is 0 Å². The second kappa shape index (κ2) is 4.25. The Morgan fingerprint density at radius 2 is 2.17 bits per heavy atom. The molecular formula is C9H17NS2. The molecule has 0 radical (unpaired) electrons. The van der Waals surface area contributed by atoms with Crippen LogP contribution >= 0.6 is 23.5 Å².